The van der Waals surface area contributed by atoms with E-state index in [9.17, 15) is 20.1 Å². The molecule has 2 aromatic rings. The Bertz CT molecular complexity index is 689. The van der Waals surface area contributed by atoms with Crippen LogP contribution in [0.4, 0.5) is 0 Å². The van der Waals surface area contributed by atoms with Crippen LogP contribution < -0.4 is 0 Å². The van der Waals surface area contributed by atoms with Crippen molar-refractivity contribution in [2.75, 3.05) is 0 Å². The van der Waals surface area contributed by atoms with Crippen LogP contribution in [0.2, 0.25) is 0 Å². The Balaban J connectivity index is 2.27. The van der Waals surface area contributed by atoms with Crippen molar-refractivity contribution in [2.24, 2.45) is 0 Å². The minimum Gasteiger partial charge on any atom is -0.508 e. The summed E-state index contributed by atoms with van der Waals surface area (Å²) in [4.78, 5) is 11.9. The van der Waals surface area contributed by atoms with E-state index in [1.165, 1.54) is 30.3 Å². The zero-order chi connectivity index (χ0) is 14.7. The molecule has 0 heterocycles. The Morgan fingerprint density at radius 2 is 1.50 bits per heavy atom. The molecule has 0 unspecified atom stereocenters. The Morgan fingerprint density at radius 3 is 2.20 bits per heavy atom. The largest absolute Gasteiger partial charge is 0.508 e. The highest BCUT2D eigenvalue weighted by Crippen LogP contribution is 2.25. The Kier molecular flexibility index (Phi) is 3.61. The first-order valence-corrected chi connectivity index (χ1v) is 5.74. The maximum Gasteiger partial charge on any atom is 0.189 e. The number of carbonyl (C=O) groups excluding carboxylic acids is 1. The van der Waals surface area contributed by atoms with Gasteiger partial charge in [-0.05, 0) is 42.5 Å². The maximum atomic E-state index is 11.9. The van der Waals surface area contributed by atoms with Gasteiger partial charge in [-0.25, -0.2) is 0 Å². The second kappa shape index (κ2) is 5.36. The first-order valence-electron chi connectivity index (χ1n) is 5.74. The molecule has 2 aromatic carbocycles. The molecule has 0 aromatic heterocycles. The number of phenols is 4. The molecule has 102 valence electrons. The van der Waals surface area contributed by atoms with Crippen molar-refractivity contribution >= 4 is 11.9 Å². The minimum atomic E-state index is -0.522. The summed E-state index contributed by atoms with van der Waals surface area (Å²) in [6.45, 7) is 0. The molecule has 0 atom stereocenters. The summed E-state index contributed by atoms with van der Waals surface area (Å²) in [5.74, 6) is -1.16. The quantitative estimate of drug-likeness (QED) is 0.391. The molecule has 5 nitrogen and oxygen atoms in total. The van der Waals surface area contributed by atoms with Crippen LogP contribution in [-0.2, 0) is 0 Å². The van der Waals surface area contributed by atoms with Crippen LogP contribution in [0.3, 0.4) is 0 Å². The summed E-state index contributed by atoms with van der Waals surface area (Å²) < 4.78 is 0. The molecule has 0 aliphatic heterocycles. The highest BCUT2D eigenvalue weighted by Gasteiger charge is 2.09. The van der Waals surface area contributed by atoms with E-state index in [-0.39, 0.29) is 28.6 Å². The van der Waals surface area contributed by atoms with Crippen LogP contribution in [0.25, 0.3) is 6.08 Å². The van der Waals surface area contributed by atoms with Crippen molar-refractivity contribution in [1.82, 2.24) is 0 Å². The number of carbonyl (C=O) groups is 1. The van der Waals surface area contributed by atoms with E-state index in [1.807, 2.05) is 0 Å². The lowest BCUT2D eigenvalue weighted by Crippen LogP contribution is -1.94. The van der Waals surface area contributed by atoms with Crippen molar-refractivity contribution in [3.8, 4) is 23.0 Å². The van der Waals surface area contributed by atoms with Crippen LogP contribution >= 0.6 is 0 Å². The van der Waals surface area contributed by atoms with Gasteiger partial charge in [-0.1, -0.05) is 0 Å². The van der Waals surface area contributed by atoms with Gasteiger partial charge in [0, 0.05) is 11.6 Å². The van der Waals surface area contributed by atoms with Gasteiger partial charge in [-0.15, -0.1) is 0 Å². The van der Waals surface area contributed by atoms with E-state index >= 15 is 0 Å². The molecule has 0 aliphatic carbocycles. The number of phenolic OH excluding ortho intramolecular Hbond substituents is 4. The minimum absolute atomic E-state index is 0.0421. The lowest BCUT2D eigenvalue weighted by Gasteiger charge is -2.02. The van der Waals surface area contributed by atoms with E-state index in [1.54, 1.807) is 0 Å². The first kappa shape index (κ1) is 13.5. The number of ketones is 1. The number of benzene rings is 2. The molecule has 0 saturated carbocycles. The number of hydrogen-bond donors (Lipinski definition) is 4. The third-order valence-corrected chi connectivity index (χ3v) is 2.67. The fourth-order valence-corrected chi connectivity index (χ4v) is 1.65. The third kappa shape index (κ3) is 2.89. The number of rotatable bonds is 3. The van der Waals surface area contributed by atoms with E-state index in [0.717, 1.165) is 18.2 Å². The standard InChI is InChI=1S/C15H12O5/c16-10-4-6-14(19)12(7-10)13(18)5-2-9-1-3-11(17)8-15(9)20/h1-8,16-17,19-20H/b5-2-. The van der Waals surface area contributed by atoms with Crippen LogP contribution in [0.1, 0.15) is 15.9 Å². The van der Waals surface area contributed by atoms with Gasteiger partial charge >= 0.3 is 0 Å². The van der Waals surface area contributed by atoms with Crippen molar-refractivity contribution in [3.05, 3.63) is 53.6 Å². The second-order valence-corrected chi connectivity index (χ2v) is 4.14. The van der Waals surface area contributed by atoms with Crippen LogP contribution in [0, 0.1) is 0 Å². The molecule has 4 N–H and O–H groups in total. The molecule has 0 saturated heterocycles. The van der Waals surface area contributed by atoms with E-state index in [4.69, 9.17) is 5.11 Å². The molecule has 0 bridgehead atoms. The Hall–Kier alpha value is -2.95. The SMILES string of the molecule is O=C(/C=C\c1ccc(O)cc1O)c1cc(O)ccc1O. The molecule has 0 spiro atoms. The Morgan fingerprint density at radius 1 is 0.850 bits per heavy atom. The van der Waals surface area contributed by atoms with Crippen molar-refractivity contribution in [3.63, 3.8) is 0 Å². The zero-order valence-electron chi connectivity index (χ0n) is 10.3. The molecule has 0 amide bonds. The number of allylic oxidation sites excluding steroid dienone is 1. The van der Waals surface area contributed by atoms with Gasteiger partial charge in [0.2, 0.25) is 0 Å². The van der Waals surface area contributed by atoms with Gasteiger partial charge in [0.25, 0.3) is 0 Å². The number of aromatic hydroxyl groups is 4. The zero-order valence-corrected chi connectivity index (χ0v) is 10.3. The van der Waals surface area contributed by atoms with Gasteiger partial charge in [-0.2, -0.15) is 0 Å². The van der Waals surface area contributed by atoms with Gasteiger partial charge in [0.15, 0.2) is 5.78 Å². The molecule has 0 radical (unpaired) electrons. The summed E-state index contributed by atoms with van der Waals surface area (Å²) in [6.07, 6.45) is 2.50. The summed E-state index contributed by atoms with van der Waals surface area (Å²) in [7, 11) is 0. The average Bonchev–Trinajstić information content (AvgIpc) is 2.40. The maximum absolute atomic E-state index is 11.9. The van der Waals surface area contributed by atoms with Crippen LogP contribution in [-0.4, -0.2) is 26.2 Å². The molecule has 20 heavy (non-hydrogen) atoms. The molecular weight excluding hydrogens is 260 g/mol. The molecular formula is C15H12O5. The monoisotopic (exact) mass is 272 g/mol. The van der Waals surface area contributed by atoms with Crippen molar-refractivity contribution < 1.29 is 25.2 Å². The van der Waals surface area contributed by atoms with Gasteiger partial charge in [-0.3, -0.25) is 4.79 Å². The molecule has 0 aliphatic rings. The van der Waals surface area contributed by atoms with Crippen molar-refractivity contribution in [2.45, 2.75) is 0 Å². The first-order chi connectivity index (χ1) is 9.47. The average molecular weight is 272 g/mol. The van der Waals surface area contributed by atoms with Crippen LogP contribution in [0.5, 0.6) is 23.0 Å². The van der Waals surface area contributed by atoms with E-state index in [2.05, 4.69) is 0 Å². The lowest BCUT2D eigenvalue weighted by atomic mass is 10.1. The fraction of sp³-hybridized carbons (Fsp3) is 0. The predicted molar refractivity (Wildman–Crippen MR) is 72.9 cm³/mol. The predicted octanol–water partition coefficient (Wildman–Crippen LogP) is 2.41. The van der Waals surface area contributed by atoms with Gasteiger partial charge in [0.1, 0.15) is 23.0 Å². The smallest absolute Gasteiger partial charge is 0.189 e. The Labute approximate surface area is 114 Å². The highest BCUT2D eigenvalue weighted by molar-refractivity contribution is 6.08. The normalized spacial score (nSPS) is 10.8. The third-order valence-electron chi connectivity index (χ3n) is 2.67. The topological polar surface area (TPSA) is 98.0 Å². The second-order valence-electron chi connectivity index (χ2n) is 4.14. The van der Waals surface area contributed by atoms with E-state index in [0.29, 0.717) is 5.56 Å². The molecule has 5 heteroatoms. The summed E-state index contributed by atoms with van der Waals surface area (Å²) >= 11 is 0. The molecule has 2 rings (SSSR count). The van der Waals surface area contributed by atoms with Gasteiger partial charge in [0.05, 0.1) is 5.56 Å². The van der Waals surface area contributed by atoms with Gasteiger partial charge < -0.3 is 20.4 Å². The fourth-order valence-electron chi connectivity index (χ4n) is 1.65. The lowest BCUT2D eigenvalue weighted by molar-refractivity contribution is 0.104. The number of hydrogen-bond acceptors (Lipinski definition) is 5. The summed E-state index contributed by atoms with van der Waals surface area (Å²) in [5, 5.41) is 37.5. The summed E-state index contributed by atoms with van der Waals surface area (Å²) in [6, 6.07) is 7.59. The van der Waals surface area contributed by atoms with E-state index < -0.39 is 5.78 Å². The molecule has 0 fully saturated rings. The van der Waals surface area contributed by atoms with Crippen molar-refractivity contribution in [1.29, 1.82) is 0 Å². The highest BCUT2D eigenvalue weighted by atomic mass is 16.3. The summed E-state index contributed by atoms with van der Waals surface area (Å²) in [5.41, 5.74) is 0.301. The van der Waals surface area contributed by atoms with Crippen LogP contribution in [0.15, 0.2) is 42.5 Å².